The molecule has 4 aromatic carbocycles. The molecule has 0 radical (unpaired) electrons. The zero-order valence-electron chi connectivity index (χ0n) is 31.2. The number of fused-ring (bicyclic) bond motifs is 1. The second kappa shape index (κ2) is 20.4. The van der Waals surface area contributed by atoms with Crippen LogP contribution in [0.4, 0.5) is 0 Å². The van der Waals surface area contributed by atoms with E-state index in [4.69, 9.17) is 48.4 Å². The number of ether oxygens (including phenoxy) is 1. The van der Waals surface area contributed by atoms with Crippen molar-refractivity contribution in [3.05, 3.63) is 105 Å². The number of nitrogens with zero attached hydrogens (tertiary/aromatic N) is 2. The van der Waals surface area contributed by atoms with Gasteiger partial charge in [0.05, 0.1) is 51.9 Å². The van der Waals surface area contributed by atoms with Crippen LogP contribution in [0.15, 0.2) is 77.7 Å². The maximum atomic E-state index is 13.7. The molecular weight excluding hydrogens is 797 g/mol. The summed E-state index contributed by atoms with van der Waals surface area (Å²) >= 11 is 12.6. The fraction of sp³-hybridized carbons (Fsp3) is 0.341. The Balaban J connectivity index is 0.000000476. The normalized spacial score (nSPS) is 14.4. The van der Waals surface area contributed by atoms with Crippen molar-refractivity contribution in [3.63, 3.8) is 0 Å². The fourth-order valence-corrected chi connectivity index (χ4v) is 8.05. The van der Waals surface area contributed by atoms with E-state index in [1.807, 2.05) is 54.6 Å². The molecular formula is C41H43Cl2N3O10S. The second-order valence-electron chi connectivity index (χ2n) is 13.6. The first kappa shape index (κ1) is 44.7. The molecule has 0 spiro atoms. The number of carboxylic acids is 3. The number of methoxy groups -OCH3 is 1. The number of carbonyl (C=O) groups excluding carboxylic acids is 1. The van der Waals surface area contributed by atoms with Gasteiger partial charge in [-0.3, -0.25) is 18.6 Å². The van der Waals surface area contributed by atoms with E-state index in [-0.39, 0.29) is 17.6 Å². The lowest BCUT2D eigenvalue weighted by molar-refractivity contribution is -0.170. The van der Waals surface area contributed by atoms with Crippen LogP contribution in [0.3, 0.4) is 0 Å². The summed E-state index contributed by atoms with van der Waals surface area (Å²) in [5.74, 6) is -4.68. The van der Waals surface area contributed by atoms with Gasteiger partial charge in [-0.15, -0.1) is 0 Å². The summed E-state index contributed by atoms with van der Waals surface area (Å²) in [7, 11) is 0.466. The molecule has 0 bridgehead atoms. The SMILES string of the molecule is COc1c(C#N)cc2ccccc2c1C(=O)NC[C@@H](CCN1CCC(c2ccccc2[S@](C)=O)CC1)c1ccc(Cl)c(Cl)c1.O=C(O)CC(O)(CC(=O)O)C(=O)O. The topological polar surface area (TPSA) is 215 Å². The van der Waals surface area contributed by atoms with E-state index in [2.05, 4.69) is 22.4 Å². The van der Waals surface area contributed by atoms with Gasteiger partial charge in [-0.05, 0) is 91.0 Å². The standard InChI is InChI=1S/C35H35Cl2N3O3S.C6H8O7/c1-43-34-27(21-38)19-25-7-3-4-9-29(25)33(34)35(41)39-22-26(24-11-12-30(36)31(37)20-24)15-18-40-16-13-23(14-17-40)28-8-5-6-10-32(28)44(2)42;7-3(8)1-6(13,5(11)12)2-4(9)10/h3-12,19-20,23,26H,13-18,22H2,1-2H3,(H,39,41);13H,1-2H2,(H,7,8)(H,9,10)(H,11,12)/t26-,44+;/m1./s1. The summed E-state index contributed by atoms with van der Waals surface area (Å²) in [6.07, 6.45) is 2.27. The maximum absolute atomic E-state index is 13.7. The average Bonchev–Trinajstić information content (AvgIpc) is 3.17. The van der Waals surface area contributed by atoms with E-state index >= 15 is 0 Å². The third kappa shape index (κ3) is 11.8. The molecule has 5 rings (SSSR count). The van der Waals surface area contributed by atoms with Crippen molar-refractivity contribution in [2.45, 2.75) is 54.4 Å². The van der Waals surface area contributed by atoms with Crippen LogP contribution in [0, 0.1) is 11.3 Å². The summed E-state index contributed by atoms with van der Waals surface area (Å²) in [6.45, 7) is 3.11. The second-order valence-corrected chi connectivity index (χ2v) is 15.8. The van der Waals surface area contributed by atoms with E-state index in [9.17, 15) is 28.6 Å². The Labute approximate surface area is 342 Å². The van der Waals surface area contributed by atoms with Crippen LogP contribution in [-0.2, 0) is 25.2 Å². The number of amides is 1. The lowest BCUT2D eigenvalue weighted by Gasteiger charge is -2.33. The lowest BCUT2D eigenvalue weighted by Crippen LogP contribution is -2.42. The fourth-order valence-electron chi connectivity index (χ4n) is 6.91. The van der Waals surface area contributed by atoms with Crippen LogP contribution in [-0.4, -0.2) is 98.5 Å². The molecule has 1 aliphatic rings. The van der Waals surface area contributed by atoms with E-state index in [1.54, 1.807) is 18.4 Å². The number of carbonyl (C=O) groups is 4. The number of carboxylic acid groups (broad SMARTS) is 3. The molecule has 0 aliphatic carbocycles. The van der Waals surface area contributed by atoms with Gasteiger partial charge in [0.15, 0.2) is 5.60 Å². The van der Waals surface area contributed by atoms with E-state index in [1.165, 1.54) is 12.7 Å². The average molecular weight is 841 g/mol. The monoisotopic (exact) mass is 839 g/mol. The number of nitrogens with one attached hydrogen (secondary N) is 1. The first-order valence-corrected chi connectivity index (χ1v) is 20.2. The number of benzene rings is 4. The number of nitriles is 1. The van der Waals surface area contributed by atoms with Crippen LogP contribution < -0.4 is 10.1 Å². The molecule has 302 valence electrons. The molecule has 57 heavy (non-hydrogen) atoms. The Morgan fingerprint density at radius 1 is 0.965 bits per heavy atom. The van der Waals surface area contributed by atoms with Gasteiger partial charge in [0.1, 0.15) is 11.8 Å². The van der Waals surface area contributed by atoms with Crippen molar-refractivity contribution in [1.82, 2.24) is 10.2 Å². The molecule has 13 nitrogen and oxygen atoms in total. The summed E-state index contributed by atoms with van der Waals surface area (Å²) in [6, 6.07) is 25.1. The Hall–Kier alpha value is -5.04. The van der Waals surface area contributed by atoms with Crippen LogP contribution >= 0.6 is 23.2 Å². The van der Waals surface area contributed by atoms with E-state index in [0.29, 0.717) is 33.6 Å². The van der Waals surface area contributed by atoms with Crippen molar-refractivity contribution in [2.75, 3.05) is 39.5 Å². The zero-order valence-corrected chi connectivity index (χ0v) is 33.6. The van der Waals surface area contributed by atoms with Crippen LogP contribution in [0.5, 0.6) is 5.75 Å². The van der Waals surface area contributed by atoms with E-state index in [0.717, 1.165) is 60.1 Å². The summed E-state index contributed by atoms with van der Waals surface area (Å²) in [4.78, 5) is 47.6. The predicted octanol–water partition coefficient (Wildman–Crippen LogP) is 6.30. The maximum Gasteiger partial charge on any atom is 0.336 e. The van der Waals surface area contributed by atoms with Crippen molar-refractivity contribution in [3.8, 4) is 11.8 Å². The number of aliphatic hydroxyl groups is 1. The van der Waals surface area contributed by atoms with E-state index < -0.39 is 47.2 Å². The number of hydrogen-bond donors (Lipinski definition) is 5. The predicted molar refractivity (Wildman–Crippen MR) is 216 cm³/mol. The molecule has 1 amide bonds. The van der Waals surface area contributed by atoms with Crippen LogP contribution in [0.1, 0.15) is 71.0 Å². The molecule has 1 fully saturated rings. The van der Waals surface area contributed by atoms with Gasteiger partial charge in [0, 0.05) is 23.6 Å². The quantitative estimate of drug-likeness (QED) is 0.0892. The molecule has 5 N–H and O–H groups in total. The highest BCUT2D eigenvalue weighted by Gasteiger charge is 2.40. The minimum Gasteiger partial charge on any atom is -0.495 e. The molecule has 0 unspecified atom stereocenters. The summed E-state index contributed by atoms with van der Waals surface area (Å²) < 4.78 is 17.9. The largest absolute Gasteiger partial charge is 0.495 e. The van der Waals surface area contributed by atoms with Crippen molar-refractivity contribution >= 4 is 68.6 Å². The molecule has 1 heterocycles. The van der Waals surface area contributed by atoms with Gasteiger partial charge in [-0.25, -0.2) is 4.79 Å². The van der Waals surface area contributed by atoms with Crippen LogP contribution in [0.25, 0.3) is 10.8 Å². The number of aliphatic carboxylic acids is 3. The van der Waals surface area contributed by atoms with Gasteiger partial charge in [0.2, 0.25) is 0 Å². The van der Waals surface area contributed by atoms with Gasteiger partial charge >= 0.3 is 17.9 Å². The third-order valence-corrected chi connectivity index (χ3v) is 11.5. The highest BCUT2D eigenvalue weighted by molar-refractivity contribution is 7.84. The number of rotatable bonds is 15. The molecule has 2 atom stereocenters. The molecule has 16 heteroatoms. The lowest BCUT2D eigenvalue weighted by atomic mass is 9.88. The minimum atomic E-state index is -2.74. The van der Waals surface area contributed by atoms with Crippen LogP contribution in [0.2, 0.25) is 10.0 Å². The number of piperidine rings is 1. The third-order valence-electron chi connectivity index (χ3n) is 9.81. The Kier molecular flexibility index (Phi) is 16.0. The van der Waals surface area contributed by atoms with Crippen molar-refractivity contribution in [1.29, 1.82) is 5.26 Å². The van der Waals surface area contributed by atoms with Crippen molar-refractivity contribution < 1.29 is 48.6 Å². The molecule has 1 aliphatic heterocycles. The van der Waals surface area contributed by atoms with Gasteiger partial charge in [-0.1, -0.05) is 71.7 Å². The van der Waals surface area contributed by atoms with Gasteiger partial charge in [-0.2, -0.15) is 5.26 Å². The Morgan fingerprint density at radius 2 is 1.60 bits per heavy atom. The number of hydrogen-bond acceptors (Lipinski definition) is 9. The first-order chi connectivity index (χ1) is 27.1. The zero-order chi connectivity index (χ0) is 41.9. The molecule has 4 aromatic rings. The van der Waals surface area contributed by atoms with Gasteiger partial charge in [0.25, 0.3) is 5.91 Å². The number of halogens is 2. The molecule has 0 aromatic heterocycles. The molecule has 1 saturated heterocycles. The highest BCUT2D eigenvalue weighted by Crippen LogP contribution is 2.35. The first-order valence-electron chi connectivity index (χ1n) is 17.9. The summed E-state index contributed by atoms with van der Waals surface area (Å²) in [5, 5.41) is 49.2. The minimum absolute atomic E-state index is 0.0221. The molecule has 0 saturated carbocycles. The number of likely N-dealkylation sites (tertiary alicyclic amines) is 1. The smallest absolute Gasteiger partial charge is 0.336 e. The van der Waals surface area contributed by atoms with Gasteiger partial charge < -0.3 is 35.4 Å². The Morgan fingerprint density at radius 3 is 2.18 bits per heavy atom. The Bertz CT molecular complexity index is 2170. The summed E-state index contributed by atoms with van der Waals surface area (Å²) in [5.41, 5.74) is 0.126. The highest BCUT2D eigenvalue weighted by atomic mass is 35.5. The van der Waals surface area contributed by atoms with Crippen molar-refractivity contribution in [2.24, 2.45) is 0 Å².